The summed E-state index contributed by atoms with van der Waals surface area (Å²) >= 11 is 0. The summed E-state index contributed by atoms with van der Waals surface area (Å²) < 4.78 is 0. The van der Waals surface area contributed by atoms with Gasteiger partial charge in [0.1, 0.15) is 0 Å². The Bertz CT molecular complexity index is 687. The Kier molecular flexibility index (Phi) is 4.51. The van der Waals surface area contributed by atoms with Crippen molar-refractivity contribution in [2.45, 2.75) is 6.92 Å². The third kappa shape index (κ3) is 4.31. The molecule has 0 bridgehead atoms. The van der Waals surface area contributed by atoms with Gasteiger partial charge < -0.3 is 10.4 Å². The second kappa shape index (κ2) is 6.52. The fourth-order valence-corrected chi connectivity index (χ4v) is 1.76. The van der Waals surface area contributed by atoms with Crippen molar-refractivity contribution in [3.05, 3.63) is 71.3 Å². The summed E-state index contributed by atoms with van der Waals surface area (Å²) in [6, 6.07) is 13.9. The zero-order chi connectivity index (χ0) is 15.2. The molecule has 0 aliphatic carbocycles. The molecule has 0 unspecified atom stereocenters. The van der Waals surface area contributed by atoms with Crippen LogP contribution in [0, 0.1) is 6.92 Å². The molecular weight excluding hydrogens is 266 g/mol. The third-order valence-electron chi connectivity index (χ3n) is 2.88. The maximum absolute atomic E-state index is 11.8. The number of aromatic carboxylic acids is 1. The standard InChI is InChI=1S/C17H15NO3/c1-12-5-7-13(8-6-12)9-10-16(19)18-15-4-2-3-14(11-15)17(20)21/h2-11H,1H3,(H,18,19)(H,20,21). The molecule has 2 N–H and O–H groups in total. The van der Waals surface area contributed by atoms with E-state index < -0.39 is 5.97 Å². The van der Waals surface area contributed by atoms with E-state index in [9.17, 15) is 9.59 Å². The van der Waals surface area contributed by atoms with E-state index in [0.29, 0.717) is 5.69 Å². The van der Waals surface area contributed by atoms with Crippen LogP contribution in [0.2, 0.25) is 0 Å². The summed E-state index contributed by atoms with van der Waals surface area (Å²) in [5.74, 6) is -1.33. The highest BCUT2D eigenvalue weighted by molar-refractivity contribution is 6.02. The van der Waals surface area contributed by atoms with Crippen molar-refractivity contribution in [3.63, 3.8) is 0 Å². The molecule has 0 heterocycles. The summed E-state index contributed by atoms with van der Waals surface area (Å²) in [6.07, 6.45) is 3.12. The zero-order valence-electron chi connectivity index (χ0n) is 11.5. The molecule has 2 rings (SSSR count). The number of carboxylic acid groups (broad SMARTS) is 1. The van der Waals surface area contributed by atoms with Crippen LogP contribution < -0.4 is 5.32 Å². The molecule has 106 valence electrons. The van der Waals surface area contributed by atoms with E-state index in [4.69, 9.17) is 5.11 Å². The van der Waals surface area contributed by atoms with Gasteiger partial charge in [0.2, 0.25) is 5.91 Å². The first-order valence-corrected chi connectivity index (χ1v) is 6.44. The van der Waals surface area contributed by atoms with Crippen LogP contribution in [0.15, 0.2) is 54.6 Å². The summed E-state index contributed by atoms with van der Waals surface area (Å²) in [5, 5.41) is 11.5. The number of rotatable bonds is 4. The molecule has 21 heavy (non-hydrogen) atoms. The van der Waals surface area contributed by atoms with Crippen LogP contribution >= 0.6 is 0 Å². The van der Waals surface area contributed by atoms with Gasteiger partial charge in [0.25, 0.3) is 0 Å². The van der Waals surface area contributed by atoms with Crippen molar-refractivity contribution in [2.75, 3.05) is 5.32 Å². The van der Waals surface area contributed by atoms with Gasteiger partial charge >= 0.3 is 5.97 Å². The lowest BCUT2D eigenvalue weighted by atomic mass is 10.1. The van der Waals surface area contributed by atoms with Crippen molar-refractivity contribution in [3.8, 4) is 0 Å². The monoisotopic (exact) mass is 281 g/mol. The van der Waals surface area contributed by atoms with Crippen LogP contribution in [0.25, 0.3) is 6.08 Å². The predicted octanol–water partition coefficient (Wildman–Crippen LogP) is 3.35. The summed E-state index contributed by atoms with van der Waals surface area (Å²) in [4.78, 5) is 22.6. The van der Waals surface area contributed by atoms with E-state index in [-0.39, 0.29) is 11.5 Å². The van der Waals surface area contributed by atoms with Gasteiger partial charge in [-0.1, -0.05) is 35.9 Å². The van der Waals surface area contributed by atoms with Crippen LogP contribution in [-0.2, 0) is 4.79 Å². The minimum Gasteiger partial charge on any atom is -0.478 e. The van der Waals surface area contributed by atoms with Crippen LogP contribution in [0.4, 0.5) is 5.69 Å². The van der Waals surface area contributed by atoms with E-state index in [1.807, 2.05) is 31.2 Å². The predicted molar refractivity (Wildman–Crippen MR) is 82.2 cm³/mol. The van der Waals surface area contributed by atoms with Gasteiger partial charge in [0.15, 0.2) is 0 Å². The number of aryl methyl sites for hydroxylation is 1. The second-order valence-electron chi connectivity index (χ2n) is 4.62. The quantitative estimate of drug-likeness (QED) is 0.845. The van der Waals surface area contributed by atoms with Crippen molar-refractivity contribution in [1.82, 2.24) is 0 Å². The molecule has 2 aromatic rings. The molecule has 0 aliphatic heterocycles. The first-order chi connectivity index (χ1) is 10.0. The highest BCUT2D eigenvalue weighted by Gasteiger charge is 2.04. The number of anilines is 1. The van der Waals surface area contributed by atoms with Crippen molar-refractivity contribution < 1.29 is 14.7 Å². The summed E-state index contributed by atoms with van der Waals surface area (Å²) in [5.41, 5.74) is 2.67. The molecule has 0 saturated carbocycles. The van der Waals surface area contributed by atoms with Gasteiger partial charge in [-0.25, -0.2) is 4.79 Å². The molecule has 2 aromatic carbocycles. The highest BCUT2D eigenvalue weighted by atomic mass is 16.4. The summed E-state index contributed by atoms with van der Waals surface area (Å²) in [6.45, 7) is 2.00. The second-order valence-corrected chi connectivity index (χ2v) is 4.62. The maximum Gasteiger partial charge on any atom is 0.335 e. The topological polar surface area (TPSA) is 66.4 Å². The molecule has 4 nitrogen and oxygen atoms in total. The number of amides is 1. The van der Waals surface area contributed by atoms with E-state index in [1.54, 1.807) is 18.2 Å². The largest absolute Gasteiger partial charge is 0.478 e. The van der Waals surface area contributed by atoms with Crippen molar-refractivity contribution >= 4 is 23.6 Å². The molecule has 0 aromatic heterocycles. The minimum atomic E-state index is -1.03. The van der Waals surface area contributed by atoms with Gasteiger partial charge in [-0.3, -0.25) is 4.79 Å². The van der Waals surface area contributed by atoms with Gasteiger partial charge in [0.05, 0.1) is 5.56 Å². The van der Waals surface area contributed by atoms with Gasteiger partial charge in [-0.2, -0.15) is 0 Å². The molecule has 0 aliphatic rings. The SMILES string of the molecule is Cc1ccc(C=CC(=O)Nc2cccc(C(=O)O)c2)cc1. The molecule has 0 atom stereocenters. The number of carboxylic acids is 1. The molecule has 0 spiro atoms. The van der Waals surface area contributed by atoms with E-state index in [0.717, 1.165) is 11.1 Å². The Morgan fingerprint density at radius 3 is 2.48 bits per heavy atom. The summed E-state index contributed by atoms with van der Waals surface area (Å²) in [7, 11) is 0. The Morgan fingerprint density at radius 1 is 1.10 bits per heavy atom. The smallest absolute Gasteiger partial charge is 0.335 e. The van der Waals surface area contributed by atoms with Gasteiger partial charge in [0, 0.05) is 11.8 Å². The Balaban J connectivity index is 2.03. The first kappa shape index (κ1) is 14.5. The lowest BCUT2D eigenvalue weighted by Crippen LogP contribution is -2.08. The molecule has 4 heteroatoms. The van der Waals surface area contributed by atoms with Gasteiger partial charge in [-0.05, 0) is 36.8 Å². The molecule has 0 saturated heterocycles. The number of hydrogen-bond donors (Lipinski definition) is 2. The lowest BCUT2D eigenvalue weighted by Gasteiger charge is -2.03. The minimum absolute atomic E-state index is 0.135. The average Bonchev–Trinajstić information content (AvgIpc) is 2.47. The van der Waals surface area contributed by atoms with Gasteiger partial charge in [-0.15, -0.1) is 0 Å². The molecular formula is C17H15NO3. The number of carbonyl (C=O) groups is 2. The van der Waals surface area contributed by atoms with Crippen LogP contribution in [0.1, 0.15) is 21.5 Å². The molecule has 0 fully saturated rings. The third-order valence-corrected chi connectivity index (χ3v) is 2.88. The highest BCUT2D eigenvalue weighted by Crippen LogP contribution is 2.11. The van der Waals surface area contributed by atoms with Crippen LogP contribution in [0.3, 0.4) is 0 Å². The van der Waals surface area contributed by atoms with Crippen molar-refractivity contribution in [1.29, 1.82) is 0 Å². The van der Waals surface area contributed by atoms with E-state index in [1.165, 1.54) is 18.2 Å². The first-order valence-electron chi connectivity index (χ1n) is 6.44. The van der Waals surface area contributed by atoms with Crippen LogP contribution in [0.5, 0.6) is 0 Å². The zero-order valence-corrected chi connectivity index (χ0v) is 11.5. The normalized spacial score (nSPS) is 10.5. The Hall–Kier alpha value is -2.88. The molecule has 0 radical (unpaired) electrons. The van der Waals surface area contributed by atoms with Crippen LogP contribution in [-0.4, -0.2) is 17.0 Å². The lowest BCUT2D eigenvalue weighted by molar-refractivity contribution is -0.111. The fraction of sp³-hybridized carbons (Fsp3) is 0.0588. The fourth-order valence-electron chi connectivity index (χ4n) is 1.76. The maximum atomic E-state index is 11.8. The Morgan fingerprint density at radius 2 is 1.81 bits per heavy atom. The van der Waals surface area contributed by atoms with Crippen molar-refractivity contribution in [2.24, 2.45) is 0 Å². The van der Waals surface area contributed by atoms with E-state index in [2.05, 4.69) is 5.32 Å². The molecule has 1 amide bonds. The number of benzene rings is 2. The number of nitrogens with one attached hydrogen (secondary N) is 1. The number of carbonyl (C=O) groups excluding carboxylic acids is 1. The average molecular weight is 281 g/mol. The number of hydrogen-bond acceptors (Lipinski definition) is 2. The van der Waals surface area contributed by atoms with E-state index >= 15 is 0 Å². The Labute approximate surface area is 122 Å².